The molecule has 0 aliphatic rings. The fourth-order valence-corrected chi connectivity index (χ4v) is 2.68. The molecule has 0 aliphatic carbocycles. The zero-order valence-corrected chi connectivity index (χ0v) is 14.8. The number of anilines is 1. The summed E-state index contributed by atoms with van der Waals surface area (Å²) in [6.07, 6.45) is -0.861. The van der Waals surface area contributed by atoms with E-state index in [1.807, 2.05) is 6.92 Å². The van der Waals surface area contributed by atoms with Crippen molar-refractivity contribution in [1.29, 1.82) is 0 Å². The highest BCUT2D eigenvalue weighted by Crippen LogP contribution is 2.23. The van der Waals surface area contributed by atoms with Crippen molar-refractivity contribution in [2.45, 2.75) is 20.0 Å². The number of benzene rings is 2. The van der Waals surface area contributed by atoms with Crippen molar-refractivity contribution in [3.05, 3.63) is 70.1 Å². The Kier molecular flexibility index (Phi) is 4.94. The number of aryl methyl sites for hydroxylation is 1. The number of carbonyl (C=O) groups is 2. The van der Waals surface area contributed by atoms with Gasteiger partial charge in [-0.15, -0.1) is 0 Å². The van der Waals surface area contributed by atoms with Gasteiger partial charge in [0.05, 0.1) is 11.3 Å². The van der Waals surface area contributed by atoms with Crippen molar-refractivity contribution in [2.24, 2.45) is 5.73 Å². The van der Waals surface area contributed by atoms with Crippen molar-refractivity contribution in [3.63, 3.8) is 0 Å². The summed E-state index contributed by atoms with van der Waals surface area (Å²) >= 11 is 0. The molecule has 3 aromatic rings. The van der Waals surface area contributed by atoms with Gasteiger partial charge in [0, 0.05) is 17.5 Å². The molecule has 0 saturated carbocycles. The van der Waals surface area contributed by atoms with Crippen molar-refractivity contribution in [1.82, 2.24) is 0 Å². The first-order valence-corrected chi connectivity index (χ1v) is 8.26. The number of amides is 2. The number of para-hydroxylation sites is 1. The average molecular weight is 366 g/mol. The molecule has 27 heavy (non-hydrogen) atoms. The van der Waals surface area contributed by atoms with Crippen LogP contribution in [0.15, 0.2) is 57.7 Å². The monoisotopic (exact) mass is 366 g/mol. The summed E-state index contributed by atoms with van der Waals surface area (Å²) in [4.78, 5) is 35.4. The zero-order valence-electron chi connectivity index (χ0n) is 14.8. The molecule has 7 nitrogen and oxygen atoms in total. The second-order valence-electron chi connectivity index (χ2n) is 6.07. The molecule has 0 fully saturated rings. The number of rotatable bonds is 5. The van der Waals surface area contributed by atoms with Crippen LogP contribution in [0.4, 0.5) is 5.69 Å². The number of primary amides is 1. The maximum absolute atomic E-state index is 12.4. The van der Waals surface area contributed by atoms with Crippen LogP contribution in [0.1, 0.15) is 22.8 Å². The molecule has 3 rings (SSSR count). The lowest BCUT2D eigenvalue weighted by molar-refractivity contribution is -0.122. The number of nitrogens with one attached hydrogen (secondary N) is 1. The van der Waals surface area contributed by atoms with Crippen molar-refractivity contribution >= 4 is 28.5 Å². The Labute approximate surface area is 154 Å². The van der Waals surface area contributed by atoms with Gasteiger partial charge in [-0.3, -0.25) is 9.59 Å². The number of carbonyl (C=O) groups excluding carboxylic acids is 2. The maximum atomic E-state index is 12.4. The predicted molar refractivity (Wildman–Crippen MR) is 101 cm³/mol. The molecule has 0 bridgehead atoms. The molecular formula is C20H18N2O5. The molecule has 0 aliphatic heterocycles. The van der Waals surface area contributed by atoms with Gasteiger partial charge in [0.25, 0.3) is 11.8 Å². The lowest BCUT2D eigenvalue weighted by atomic mass is 10.1. The van der Waals surface area contributed by atoms with E-state index in [-0.39, 0.29) is 5.56 Å². The van der Waals surface area contributed by atoms with Crippen LogP contribution in [0.25, 0.3) is 11.0 Å². The van der Waals surface area contributed by atoms with E-state index in [0.29, 0.717) is 17.0 Å². The van der Waals surface area contributed by atoms with Crippen molar-refractivity contribution in [3.8, 4) is 5.75 Å². The lowest BCUT2D eigenvalue weighted by Gasteiger charge is -2.16. The summed E-state index contributed by atoms with van der Waals surface area (Å²) in [6.45, 7) is 3.38. The molecule has 138 valence electrons. The van der Waals surface area contributed by atoms with Crippen LogP contribution in [0.2, 0.25) is 0 Å². The Bertz CT molecular complexity index is 1090. The van der Waals surface area contributed by atoms with E-state index >= 15 is 0 Å². The third kappa shape index (κ3) is 3.98. The molecule has 1 atom stereocenters. The van der Waals surface area contributed by atoms with Crippen LogP contribution in [0.3, 0.4) is 0 Å². The van der Waals surface area contributed by atoms with Gasteiger partial charge in [0.15, 0.2) is 6.10 Å². The number of ether oxygens (including phenoxy) is 1. The molecule has 1 unspecified atom stereocenters. The summed E-state index contributed by atoms with van der Waals surface area (Å²) in [5, 5.41) is 3.42. The van der Waals surface area contributed by atoms with Crippen LogP contribution in [0.5, 0.6) is 5.75 Å². The van der Waals surface area contributed by atoms with Crippen LogP contribution < -0.4 is 21.4 Å². The van der Waals surface area contributed by atoms with E-state index in [4.69, 9.17) is 14.9 Å². The summed E-state index contributed by atoms with van der Waals surface area (Å²) < 4.78 is 10.8. The first-order chi connectivity index (χ1) is 12.8. The number of hydrogen-bond acceptors (Lipinski definition) is 5. The van der Waals surface area contributed by atoms with Crippen LogP contribution in [-0.4, -0.2) is 17.9 Å². The van der Waals surface area contributed by atoms with Gasteiger partial charge in [-0.05, 0) is 43.7 Å². The molecule has 7 heteroatoms. The van der Waals surface area contributed by atoms with E-state index in [1.54, 1.807) is 43.3 Å². The molecule has 2 aromatic carbocycles. The predicted octanol–water partition coefficient (Wildman–Crippen LogP) is 2.61. The van der Waals surface area contributed by atoms with Gasteiger partial charge in [-0.1, -0.05) is 12.1 Å². The molecule has 0 saturated heterocycles. The van der Waals surface area contributed by atoms with Crippen molar-refractivity contribution in [2.75, 3.05) is 5.32 Å². The van der Waals surface area contributed by atoms with Gasteiger partial charge >= 0.3 is 5.63 Å². The Hall–Kier alpha value is -3.61. The summed E-state index contributed by atoms with van der Waals surface area (Å²) in [7, 11) is 0. The molecule has 3 N–H and O–H groups in total. The minimum atomic E-state index is -0.861. The highest BCUT2D eigenvalue weighted by Gasteiger charge is 2.18. The third-order valence-corrected chi connectivity index (χ3v) is 4.06. The largest absolute Gasteiger partial charge is 0.481 e. The quantitative estimate of drug-likeness (QED) is 0.674. The smallest absolute Gasteiger partial charge is 0.336 e. The normalized spacial score (nSPS) is 11.8. The fourth-order valence-electron chi connectivity index (χ4n) is 2.68. The first kappa shape index (κ1) is 18.2. The molecule has 1 aromatic heterocycles. The van der Waals surface area contributed by atoms with Gasteiger partial charge in [-0.25, -0.2) is 4.79 Å². The summed E-state index contributed by atoms with van der Waals surface area (Å²) in [5.41, 5.74) is 6.55. The third-order valence-electron chi connectivity index (χ3n) is 4.06. The van der Waals surface area contributed by atoms with Crippen molar-refractivity contribution < 1.29 is 18.7 Å². The fraction of sp³-hybridized carbons (Fsp3) is 0.150. The van der Waals surface area contributed by atoms with E-state index in [1.165, 1.54) is 12.1 Å². The minimum Gasteiger partial charge on any atom is -0.481 e. The van der Waals surface area contributed by atoms with Gasteiger partial charge in [0.1, 0.15) is 11.3 Å². The van der Waals surface area contributed by atoms with Crippen LogP contribution in [-0.2, 0) is 4.79 Å². The number of hydrogen-bond donors (Lipinski definition) is 2. The van der Waals surface area contributed by atoms with E-state index in [9.17, 15) is 14.4 Å². The zero-order chi connectivity index (χ0) is 19.6. The topological polar surface area (TPSA) is 112 Å². The maximum Gasteiger partial charge on any atom is 0.336 e. The van der Waals surface area contributed by atoms with Gasteiger partial charge in [-0.2, -0.15) is 0 Å². The van der Waals surface area contributed by atoms with E-state index in [2.05, 4.69) is 5.32 Å². The lowest BCUT2D eigenvalue weighted by Crippen LogP contribution is -2.31. The highest BCUT2D eigenvalue weighted by molar-refractivity contribution is 6.03. The van der Waals surface area contributed by atoms with Crippen LogP contribution >= 0.6 is 0 Å². The summed E-state index contributed by atoms with van der Waals surface area (Å²) in [6, 6.07) is 12.9. The standard InChI is InChI=1S/C20H18N2O5/c1-11-9-18(23)27-17-10-13(7-8-14(11)17)26-12(2)20(25)22-16-6-4-3-5-15(16)19(21)24/h3-10,12H,1-2H3,(H2,21,24)(H,22,25). The summed E-state index contributed by atoms with van der Waals surface area (Å²) in [5.74, 6) is -0.712. The van der Waals surface area contributed by atoms with Crippen LogP contribution in [0, 0.1) is 6.92 Å². The minimum absolute atomic E-state index is 0.209. The Morgan fingerprint density at radius 2 is 1.89 bits per heavy atom. The Morgan fingerprint density at radius 1 is 1.15 bits per heavy atom. The van der Waals surface area contributed by atoms with E-state index in [0.717, 1.165) is 10.9 Å². The molecule has 2 amide bonds. The average Bonchev–Trinajstić information content (AvgIpc) is 2.61. The van der Waals surface area contributed by atoms with Gasteiger partial charge in [0.2, 0.25) is 0 Å². The molecule has 0 spiro atoms. The highest BCUT2D eigenvalue weighted by atomic mass is 16.5. The second-order valence-corrected chi connectivity index (χ2v) is 6.07. The number of fused-ring (bicyclic) bond motifs is 1. The molecular weight excluding hydrogens is 348 g/mol. The SMILES string of the molecule is Cc1cc(=O)oc2cc(OC(C)C(=O)Nc3ccccc3C(N)=O)ccc12. The Morgan fingerprint density at radius 3 is 2.63 bits per heavy atom. The van der Waals surface area contributed by atoms with E-state index < -0.39 is 23.5 Å². The molecule has 1 heterocycles. The number of nitrogens with two attached hydrogens (primary N) is 1. The molecule has 0 radical (unpaired) electrons. The van der Waals surface area contributed by atoms with Gasteiger partial charge < -0.3 is 20.2 Å². The first-order valence-electron chi connectivity index (χ1n) is 8.26. The Balaban J connectivity index is 1.78. The second kappa shape index (κ2) is 7.33.